The summed E-state index contributed by atoms with van der Waals surface area (Å²) in [6.07, 6.45) is 1.52. The van der Waals surface area contributed by atoms with Crippen LogP contribution in [0.5, 0.6) is 0 Å². The number of piperazine rings is 1. The number of nitrogens with zero attached hydrogens (tertiary/aromatic N) is 5. The van der Waals surface area contributed by atoms with Gasteiger partial charge in [0.05, 0.1) is 41.0 Å². The van der Waals surface area contributed by atoms with Gasteiger partial charge >= 0.3 is 0 Å². The number of halogens is 1. The Morgan fingerprint density at radius 3 is 2.70 bits per heavy atom. The summed E-state index contributed by atoms with van der Waals surface area (Å²) in [5, 5.41) is 26.6. The molecule has 0 bridgehead atoms. The van der Waals surface area contributed by atoms with Gasteiger partial charge in [0.25, 0.3) is 5.91 Å². The summed E-state index contributed by atoms with van der Waals surface area (Å²) >= 11 is 6.08. The Labute approximate surface area is 197 Å². The summed E-state index contributed by atoms with van der Waals surface area (Å²) in [5.74, 6) is -0.296. The normalized spacial score (nSPS) is 14.2. The summed E-state index contributed by atoms with van der Waals surface area (Å²) in [6.45, 7) is 5.86. The highest BCUT2D eigenvalue weighted by Gasteiger charge is 2.20. The van der Waals surface area contributed by atoms with Gasteiger partial charge in [0.2, 0.25) is 0 Å². The summed E-state index contributed by atoms with van der Waals surface area (Å²) in [7, 11) is 0. The number of rotatable bonds is 6. The van der Waals surface area contributed by atoms with E-state index >= 15 is 0 Å². The molecule has 1 aliphatic rings. The zero-order valence-electron chi connectivity index (χ0n) is 18.3. The Morgan fingerprint density at radius 1 is 1.21 bits per heavy atom. The van der Waals surface area contributed by atoms with Crippen molar-refractivity contribution in [2.45, 2.75) is 6.92 Å². The van der Waals surface area contributed by atoms with Crippen molar-refractivity contribution in [2.24, 2.45) is 0 Å². The van der Waals surface area contributed by atoms with Crippen molar-refractivity contribution >= 4 is 28.9 Å². The molecule has 2 N–H and O–H groups in total. The number of amides is 1. The fraction of sp³-hybridized carbons (Fsp3) is 0.292. The molecule has 0 spiro atoms. The molecule has 2 heterocycles. The molecule has 2 aromatic carbocycles. The number of nitrogens with one attached hydrogen (secondary N) is 1. The second-order valence-electron chi connectivity index (χ2n) is 7.89. The Kier molecular flexibility index (Phi) is 6.94. The van der Waals surface area contributed by atoms with Crippen molar-refractivity contribution in [1.29, 1.82) is 5.26 Å². The van der Waals surface area contributed by atoms with Crippen LogP contribution in [0.4, 0.5) is 11.4 Å². The molecule has 3 aromatic rings. The summed E-state index contributed by atoms with van der Waals surface area (Å²) in [6, 6.07) is 14.9. The number of aliphatic hydroxyl groups is 1. The molecule has 9 heteroatoms. The van der Waals surface area contributed by atoms with E-state index in [0.29, 0.717) is 34.1 Å². The molecule has 0 atom stereocenters. The van der Waals surface area contributed by atoms with E-state index in [4.69, 9.17) is 16.7 Å². The highest BCUT2D eigenvalue weighted by molar-refractivity contribution is 6.30. The molecule has 0 aliphatic carbocycles. The lowest BCUT2D eigenvalue weighted by atomic mass is 10.1. The van der Waals surface area contributed by atoms with E-state index in [1.807, 2.05) is 31.2 Å². The lowest BCUT2D eigenvalue weighted by Gasteiger charge is -2.36. The van der Waals surface area contributed by atoms with Gasteiger partial charge in [-0.1, -0.05) is 17.7 Å². The Morgan fingerprint density at radius 2 is 2.00 bits per heavy atom. The molecule has 0 unspecified atom stereocenters. The first-order chi connectivity index (χ1) is 16.0. The first-order valence-corrected chi connectivity index (χ1v) is 11.1. The minimum atomic E-state index is -0.296. The van der Waals surface area contributed by atoms with Gasteiger partial charge in [-0.05, 0) is 43.3 Å². The van der Waals surface area contributed by atoms with Gasteiger partial charge in [0.1, 0.15) is 6.07 Å². The van der Waals surface area contributed by atoms with Crippen LogP contribution in [0.2, 0.25) is 5.02 Å². The van der Waals surface area contributed by atoms with Gasteiger partial charge in [-0.3, -0.25) is 9.69 Å². The molecule has 1 aromatic heterocycles. The summed E-state index contributed by atoms with van der Waals surface area (Å²) in [4.78, 5) is 17.3. The second kappa shape index (κ2) is 10.0. The molecule has 170 valence electrons. The van der Waals surface area contributed by atoms with Crippen molar-refractivity contribution in [3.05, 3.63) is 70.5 Å². The molecule has 33 heavy (non-hydrogen) atoms. The molecule has 1 fully saturated rings. The van der Waals surface area contributed by atoms with Crippen molar-refractivity contribution in [3.8, 4) is 11.8 Å². The van der Waals surface area contributed by atoms with Crippen LogP contribution in [0.25, 0.3) is 5.69 Å². The molecule has 0 radical (unpaired) electrons. The average Bonchev–Trinajstić information content (AvgIpc) is 3.21. The summed E-state index contributed by atoms with van der Waals surface area (Å²) < 4.78 is 1.67. The highest BCUT2D eigenvalue weighted by atomic mass is 35.5. The third kappa shape index (κ3) is 5.01. The minimum Gasteiger partial charge on any atom is -0.395 e. The van der Waals surface area contributed by atoms with Crippen molar-refractivity contribution in [1.82, 2.24) is 14.7 Å². The minimum absolute atomic E-state index is 0.148. The molecule has 8 nitrogen and oxygen atoms in total. The standard InChI is InChI=1S/C24H25ClN6O2/c1-17-22(16-27-31(17)21-4-2-3-19(25)14-21)24(33)28-20-5-6-23(18(13-20)15-26)30-9-7-29(8-10-30)11-12-32/h2-6,13-14,16,32H,7-12H2,1H3,(H,28,33). The maximum absolute atomic E-state index is 12.9. The van der Waals surface area contributed by atoms with Gasteiger partial charge in [-0.25, -0.2) is 4.68 Å². The quantitative estimate of drug-likeness (QED) is 0.582. The maximum Gasteiger partial charge on any atom is 0.259 e. The first-order valence-electron chi connectivity index (χ1n) is 10.7. The number of β-amino-alcohol motifs (C(OH)–C–C–N with tert-alkyl or cyclic N) is 1. The molecule has 1 amide bonds. The monoisotopic (exact) mass is 464 g/mol. The Bertz CT molecular complexity index is 1190. The maximum atomic E-state index is 12.9. The molecule has 4 rings (SSSR count). The predicted octanol–water partition coefficient (Wildman–Crippen LogP) is 3.07. The zero-order valence-corrected chi connectivity index (χ0v) is 19.1. The number of benzene rings is 2. The van der Waals surface area contributed by atoms with E-state index in [9.17, 15) is 10.1 Å². The van der Waals surface area contributed by atoms with Gasteiger partial charge in [0, 0.05) is 43.4 Å². The summed E-state index contributed by atoms with van der Waals surface area (Å²) in [5.41, 5.74) is 3.81. The molecular formula is C24H25ClN6O2. The fourth-order valence-electron chi connectivity index (χ4n) is 4.03. The number of hydrogen-bond donors (Lipinski definition) is 2. The number of anilines is 2. The van der Waals surface area contributed by atoms with E-state index < -0.39 is 0 Å². The van der Waals surface area contributed by atoms with Crippen molar-refractivity contribution < 1.29 is 9.90 Å². The topological polar surface area (TPSA) is 97.4 Å². The number of carbonyl (C=O) groups excluding carboxylic acids is 1. The first kappa shape index (κ1) is 22.8. The van der Waals surface area contributed by atoms with Gasteiger partial charge in [0.15, 0.2) is 0 Å². The van der Waals surface area contributed by atoms with Crippen LogP contribution in [-0.2, 0) is 0 Å². The van der Waals surface area contributed by atoms with Crippen LogP contribution < -0.4 is 10.2 Å². The number of hydrogen-bond acceptors (Lipinski definition) is 6. The third-order valence-electron chi connectivity index (χ3n) is 5.81. The lowest BCUT2D eigenvalue weighted by Crippen LogP contribution is -2.47. The van der Waals surface area contributed by atoms with E-state index in [1.54, 1.807) is 22.9 Å². The van der Waals surface area contributed by atoms with Crippen LogP contribution in [0.1, 0.15) is 21.6 Å². The Hall–Kier alpha value is -3.38. The van der Waals surface area contributed by atoms with E-state index in [0.717, 1.165) is 37.6 Å². The van der Waals surface area contributed by atoms with Gasteiger partial charge in [-0.2, -0.15) is 10.4 Å². The number of aromatic nitrogens is 2. The molecular weight excluding hydrogens is 440 g/mol. The average molecular weight is 465 g/mol. The zero-order chi connectivity index (χ0) is 23.4. The van der Waals surface area contributed by atoms with E-state index in [2.05, 4.69) is 26.3 Å². The largest absolute Gasteiger partial charge is 0.395 e. The number of carbonyl (C=O) groups is 1. The van der Waals surface area contributed by atoms with E-state index in [-0.39, 0.29) is 12.5 Å². The van der Waals surface area contributed by atoms with Crippen LogP contribution >= 0.6 is 11.6 Å². The number of aliphatic hydroxyl groups excluding tert-OH is 1. The number of nitriles is 1. The third-order valence-corrected chi connectivity index (χ3v) is 6.05. The molecule has 1 aliphatic heterocycles. The van der Waals surface area contributed by atoms with Gasteiger partial charge in [-0.15, -0.1) is 0 Å². The highest BCUT2D eigenvalue weighted by Crippen LogP contribution is 2.26. The SMILES string of the molecule is Cc1c(C(=O)Nc2ccc(N3CCN(CCO)CC3)c(C#N)c2)cnn1-c1cccc(Cl)c1. The van der Waals surface area contributed by atoms with Crippen LogP contribution in [0.15, 0.2) is 48.7 Å². The van der Waals surface area contributed by atoms with Crippen LogP contribution in [0.3, 0.4) is 0 Å². The molecule has 0 saturated carbocycles. The van der Waals surface area contributed by atoms with Crippen LogP contribution in [-0.4, -0.2) is 65.0 Å². The van der Waals surface area contributed by atoms with Gasteiger partial charge < -0.3 is 15.3 Å². The second-order valence-corrected chi connectivity index (χ2v) is 8.32. The fourth-order valence-corrected chi connectivity index (χ4v) is 4.22. The van der Waals surface area contributed by atoms with E-state index in [1.165, 1.54) is 6.20 Å². The van der Waals surface area contributed by atoms with Crippen LogP contribution in [0, 0.1) is 18.3 Å². The predicted molar refractivity (Wildman–Crippen MR) is 128 cm³/mol. The smallest absolute Gasteiger partial charge is 0.259 e. The molecule has 1 saturated heterocycles. The van der Waals surface area contributed by atoms with Crippen molar-refractivity contribution in [2.75, 3.05) is 49.5 Å². The lowest BCUT2D eigenvalue weighted by molar-refractivity contribution is 0.102. The Balaban J connectivity index is 1.49. The van der Waals surface area contributed by atoms with Crippen molar-refractivity contribution in [3.63, 3.8) is 0 Å².